The van der Waals surface area contributed by atoms with Crippen LogP contribution in [0.3, 0.4) is 0 Å². The first-order chi connectivity index (χ1) is 6.49. The Balaban J connectivity index is 3.23. The summed E-state index contributed by atoms with van der Waals surface area (Å²) < 4.78 is 0. The predicted octanol–water partition coefficient (Wildman–Crippen LogP) is 3.58. The molecule has 0 heterocycles. The molecule has 1 aromatic rings. The first-order valence-electron chi connectivity index (χ1n) is 4.57. The second-order valence-corrected chi connectivity index (χ2v) is 5.12. The third-order valence-electron chi connectivity index (χ3n) is 2.19. The van der Waals surface area contributed by atoms with Crippen LogP contribution < -0.4 is 0 Å². The standard InChI is InChI=1S/C12H15NS/c1-12(2,3)10-6-5-9(8-13)11(7-10)14-4/h5-7H,1-4H3. The maximum absolute atomic E-state index is 8.88. The summed E-state index contributed by atoms with van der Waals surface area (Å²) in [5.74, 6) is 0. The van der Waals surface area contributed by atoms with Crippen LogP contribution in [0.15, 0.2) is 23.1 Å². The van der Waals surface area contributed by atoms with E-state index >= 15 is 0 Å². The van der Waals surface area contributed by atoms with E-state index in [9.17, 15) is 0 Å². The molecule has 2 heteroatoms. The van der Waals surface area contributed by atoms with E-state index < -0.39 is 0 Å². The fourth-order valence-corrected chi connectivity index (χ4v) is 1.83. The molecule has 0 aromatic heterocycles. The summed E-state index contributed by atoms with van der Waals surface area (Å²) in [4.78, 5) is 1.07. The number of nitrogens with zero attached hydrogens (tertiary/aromatic N) is 1. The summed E-state index contributed by atoms with van der Waals surface area (Å²) in [5, 5.41) is 8.88. The molecule has 1 rings (SSSR count). The Morgan fingerprint density at radius 3 is 2.36 bits per heavy atom. The lowest BCUT2D eigenvalue weighted by Gasteiger charge is -2.19. The average Bonchev–Trinajstić information content (AvgIpc) is 2.15. The molecule has 0 fully saturated rings. The van der Waals surface area contributed by atoms with Gasteiger partial charge < -0.3 is 0 Å². The van der Waals surface area contributed by atoms with Gasteiger partial charge in [0.25, 0.3) is 0 Å². The van der Waals surface area contributed by atoms with E-state index in [1.807, 2.05) is 18.4 Å². The van der Waals surface area contributed by atoms with E-state index in [1.165, 1.54) is 5.56 Å². The third kappa shape index (κ3) is 2.30. The summed E-state index contributed by atoms with van der Waals surface area (Å²) in [6.45, 7) is 6.54. The van der Waals surface area contributed by atoms with E-state index in [4.69, 9.17) is 5.26 Å². The SMILES string of the molecule is CSc1cc(C(C)(C)C)ccc1C#N. The molecule has 0 radical (unpaired) electrons. The number of rotatable bonds is 1. The van der Waals surface area contributed by atoms with Gasteiger partial charge in [-0.15, -0.1) is 11.8 Å². The van der Waals surface area contributed by atoms with Crippen molar-refractivity contribution in [3.05, 3.63) is 29.3 Å². The van der Waals surface area contributed by atoms with Gasteiger partial charge >= 0.3 is 0 Å². The van der Waals surface area contributed by atoms with E-state index in [1.54, 1.807) is 11.8 Å². The zero-order valence-corrected chi connectivity index (χ0v) is 9.90. The molecule has 0 aliphatic heterocycles. The van der Waals surface area contributed by atoms with Gasteiger partial charge in [0.2, 0.25) is 0 Å². The summed E-state index contributed by atoms with van der Waals surface area (Å²) >= 11 is 1.63. The van der Waals surface area contributed by atoms with Crippen LogP contribution in [0.1, 0.15) is 31.9 Å². The van der Waals surface area contributed by atoms with Crippen molar-refractivity contribution in [1.29, 1.82) is 5.26 Å². The lowest BCUT2D eigenvalue weighted by Crippen LogP contribution is -2.11. The van der Waals surface area contributed by atoms with Crippen molar-refractivity contribution in [2.45, 2.75) is 31.1 Å². The molecule has 1 nitrogen and oxygen atoms in total. The second kappa shape index (κ2) is 4.06. The van der Waals surface area contributed by atoms with Crippen LogP contribution in [0.4, 0.5) is 0 Å². The molecule has 0 N–H and O–H groups in total. The topological polar surface area (TPSA) is 23.8 Å². The Kier molecular flexibility index (Phi) is 3.23. The first-order valence-corrected chi connectivity index (χ1v) is 5.80. The Morgan fingerprint density at radius 1 is 1.29 bits per heavy atom. The summed E-state index contributed by atoms with van der Waals surface area (Å²) in [7, 11) is 0. The minimum Gasteiger partial charge on any atom is -0.192 e. The zero-order valence-electron chi connectivity index (χ0n) is 9.09. The van der Waals surface area contributed by atoms with E-state index in [0.717, 1.165) is 10.5 Å². The number of thioether (sulfide) groups is 1. The van der Waals surface area contributed by atoms with Crippen molar-refractivity contribution >= 4 is 11.8 Å². The number of benzene rings is 1. The first kappa shape index (κ1) is 11.1. The van der Waals surface area contributed by atoms with E-state index in [-0.39, 0.29) is 5.41 Å². The third-order valence-corrected chi connectivity index (χ3v) is 2.97. The van der Waals surface area contributed by atoms with Crippen molar-refractivity contribution in [2.75, 3.05) is 6.26 Å². The van der Waals surface area contributed by atoms with Gasteiger partial charge in [-0.3, -0.25) is 0 Å². The highest BCUT2D eigenvalue weighted by Crippen LogP contribution is 2.28. The minimum absolute atomic E-state index is 0.151. The molecular weight excluding hydrogens is 190 g/mol. The summed E-state index contributed by atoms with van der Waals surface area (Å²) in [6, 6.07) is 8.27. The quantitative estimate of drug-likeness (QED) is 0.654. The van der Waals surface area contributed by atoms with Crippen molar-refractivity contribution in [3.8, 4) is 6.07 Å². The highest BCUT2D eigenvalue weighted by atomic mass is 32.2. The lowest BCUT2D eigenvalue weighted by molar-refractivity contribution is 0.588. The molecule has 0 aliphatic carbocycles. The van der Waals surface area contributed by atoms with Gasteiger partial charge in [-0.2, -0.15) is 5.26 Å². The molecular formula is C12H15NS. The van der Waals surface area contributed by atoms with Gasteiger partial charge in [-0.05, 0) is 29.4 Å². The van der Waals surface area contributed by atoms with Crippen LogP contribution in [-0.2, 0) is 5.41 Å². The van der Waals surface area contributed by atoms with Crippen LogP contribution in [0.2, 0.25) is 0 Å². The smallest absolute Gasteiger partial charge is 0.100 e. The Hall–Kier alpha value is -0.940. The van der Waals surface area contributed by atoms with Gasteiger partial charge in [0.15, 0.2) is 0 Å². The molecule has 14 heavy (non-hydrogen) atoms. The number of hydrogen-bond donors (Lipinski definition) is 0. The van der Waals surface area contributed by atoms with Crippen molar-refractivity contribution in [3.63, 3.8) is 0 Å². The van der Waals surface area contributed by atoms with E-state index in [2.05, 4.69) is 32.9 Å². The van der Waals surface area contributed by atoms with Crippen molar-refractivity contribution in [2.24, 2.45) is 0 Å². The van der Waals surface area contributed by atoms with Crippen LogP contribution in [0.5, 0.6) is 0 Å². The highest BCUT2D eigenvalue weighted by Gasteiger charge is 2.14. The average molecular weight is 205 g/mol. The van der Waals surface area contributed by atoms with Gasteiger partial charge in [0, 0.05) is 4.90 Å². The van der Waals surface area contributed by atoms with Crippen LogP contribution >= 0.6 is 11.8 Å². The Labute approximate surface area is 90.1 Å². The largest absolute Gasteiger partial charge is 0.192 e. The van der Waals surface area contributed by atoms with Gasteiger partial charge in [-0.25, -0.2) is 0 Å². The molecule has 1 aromatic carbocycles. The fourth-order valence-electron chi connectivity index (χ4n) is 1.25. The molecule has 0 aliphatic rings. The summed E-state index contributed by atoms with van der Waals surface area (Å²) in [5.41, 5.74) is 2.20. The molecule has 0 atom stereocenters. The minimum atomic E-state index is 0.151. The summed E-state index contributed by atoms with van der Waals surface area (Å²) in [6.07, 6.45) is 2.00. The molecule has 0 bridgehead atoms. The molecule has 74 valence electrons. The zero-order chi connectivity index (χ0) is 10.8. The Bertz CT molecular complexity index is 369. The monoisotopic (exact) mass is 205 g/mol. The van der Waals surface area contributed by atoms with Crippen LogP contribution in [0.25, 0.3) is 0 Å². The maximum Gasteiger partial charge on any atom is 0.100 e. The van der Waals surface area contributed by atoms with Crippen molar-refractivity contribution < 1.29 is 0 Å². The van der Waals surface area contributed by atoms with Gasteiger partial charge in [0.05, 0.1) is 5.56 Å². The van der Waals surface area contributed by atoms with Crippen LogP contribution in [-0.4, -0.2) is 6.26 Å². The van der Waals surface area contributed by atoms with Crippen LogP contribution in [0, 0.1) is 11.3 Å². The maximum atomic E-state index is 8.88. The van der Waals surface area contributed by atoms with Gasteiger partial charge in [-0.1, -0.05) is 26.8 Å². The Morgan fingerprint density at radius 2 is 1.93 bits per heavy atom. The number of nitriles is 1. The van der Waals surface area contributed by atoms with Gasteiger partial charge in [0.1, 0.15) is 6.07 Å². The lowest BCUT2D eigenvalue weighted by atomic mass is 9.87. The second-order valence-electron chi connectivity index (χ2n) is 4.28. The number of hydrogen-bond acceptors (Lipinski definition) is 2. The highest BCUT2D eigenvalue weighted by molar-refractivity contribution is 7.98. The normalized spacial score (nSPS) is 11.1. The molecule has 0 unspecified atom stereocenters. The van der Waals surface area contributed by atoms with E-state index in [0.29, 0.717) is 0 Å². The van der Waals surface area contributed by atoms with Crippen molar-refractivity contribution in [1.82, 2.24) is 0 Å². The molecule has 0 saturated carbocycles. The predicted molar refractivity (Wildman–Crippen MR) is 61.6 cm³/mol. The molecule has 0 spiro atoms. The molecule has 0 saturated heterocycles. The molecule has 0 amide bonds. The fraction of sp³-hybridized carbons (Fsp3) is 0.417.